The van der Waals surface area contributed by atoms with Crippen molar-refractivity contribution < 1.29 is 13.2 Å². The quantitative estimate of drug-likeness (QED) is 0.837. The van der Waals surface area contributed by atoms with Gasteiger partial charge in [-0.15, -0.1) is 0 Å². The Morgan fingerprint density at radius 3 is 2.60 bits per heavy atom. The van der Waals surface area contributed by atoms with E-state index in [0.29, 0.717) is 5.69 Å². The van der Waals surface area contributed by atoms with Gasteiger partial charge in [0, 0.05) is 24.8 Å². The molecule has 15 heavy (non-hydrogen) atoms. The summed E-state index contributed by atoms with van der Waals surface area (Å²) in [5, 5.41) is 0. The molecule has 0 amide bonds. The summed E-state index contributed by atoms with van der Waals surface area (Å²) in [7, 11) is 1.49. The second kappa shape index (κ2) is 5.02. The van der Waals surface area contributed by atoms with Crippen molar-refractivity contribution in [1.82, 2.24) is 0 Å². The average Bonchev–Trinajstić information content (AvgIpc) is 2.16. The number of hydrogen-bond acceptors (Lipinski definition) is 2. The Labute approximate surface area is 86.5 Å². The van der Waals surface area contributed by atoms with Crippen molar-refractivity contribution >= 4 is 5.69 Å². The van der Waals surface area contributed by atoms with Gasteiger partial charge in [-0.3, -0.25) is 0 Å². The van der Waals surface area contributed by atoms with Gasteiger partial charge >= 0.3 is 0 Å². The third kappa shape index (κ3) is 2.86. The second-order valence-corrected chi connectivity index (χ2v) is 3.21. The number of nitrogens with zero attached hydrogens (tertiary/aromatic N) is 1. The molecule has 0 heterocycles. The lowest BCUT2D eigenvalue weighted by atomic mass is 10.1. The van der Waals surface area contributed by atoms with E-state index in [4.69, 9.17) is 5.73 Å². The van der Waals surface area contributed by atoms with Crippen LogP contribution in [0.4, 0.5) is 18.9 Å². The summed E-state index contributed by atoms with van der Waals surface area (Å²) >= 11 is 0. The van der Waals surface area contributed by atoms with Crippen molar-refractivity contribution in [1.29, 1.82) is 0 Å². The first-order chi connectivity index (χ1) is 7.06. The van der Waals surface area contributed by atoms with Crippen LogP contribution < -0.4 is 10.6 Å². The highest BCUT2D eigenvalue weighted by Gasteiger charge is 2.13. The van der Waals surface area contributed by atoms with Crippen LogP contribution in [-0.4, -0.2) is 20.0 Å². The van der Waals surface area contributed by atoms with Gasteiger partial charge in [0.25, 0.3) is 6.43 Å². The SMILES string of the molecule is CN(CC(F)F)c1cccc(F)c1CN. The molecule has 0 saturated heterocycles. The van der Waals surface area contributed by atoms with Gasteiger partial charge < -0.3 is 10.6 Å². The molecule has 1 aromatic rings. The van der Waals surface area contributed by atoms with Crippen LogP contribution in [0.5, 0.6) is 0 Å². The minimum absolute atomic E-state index is 0.00438. The molecule has 1 aromatic carbocycles. The molecule has 0 unspecified atom stereocenters. The molecule has 5 heteroatoms. The average molecular weight is 218 g/mol. The predicted molar refractivity (Wildman–Crippen MR) is 53.6 cm³/mol. The van der Waals surface area contributed by atoms with Gasteiger partial charge in [-0.2, -0.15) is 0 Å². The first-order valence-corrected chi connectivity index (χ1v) is 4.53. The van der Waals surface area contributed by atoms with E-state index in [1.54, 1.807) is 6.07 Å². The van der Waals surface area contributed by atoms with Crippen LogP contribution >= 0.6 is 0 Å². The van der Waals surface area contributed by atoms with Crippen molar-refractivity contribution in [2.75, 3.05) is 18.5 Å². The molecule has 2 N–H and O–H groups in total. The van der Waals surface area contributed by atoms with Gasteiger partial charge in [-0.1, -0.05) is 6.07 Å². The summed E-state index contributed by atoms with van der Waals surface area (Å²) in [6, 6.07) is 4.32. The molecule has 1 rings (SSSR count). The van der Waals surface area contributed by atoms with E-state index in [1.165, 1.54) is 24.1 Å². The standard InChI is InChI=1S/C10H13F3N2/c1-15(6-10(12)13)9-4-2-3-8(11)7(9)5-14/h2-4,10H,5-6,14H2,1H3. The van der Waals surface area contributed by atoms with E-state index in [9.17, 15) is 13.2 Å². The molecular weight excluding hydrogens is 205 g/mol. The second-order valence-electron chi connectivity index (χ2n) is 3.21. The normalized spacial score (nSPS) is 10.8. The van der Waals surface area contributed by atoms with Crippen LogP contribution in [0.1, 0.15) is 5.56 Å². The molecule has 0 fully saturated rings. The van der Waals surface area contributed by atoms with E-state index in [1.807, 2.05) is 0 Å². The van der Waals surface area contributed by atoms with Gasteiger partial charge in [-0.05, 0) is 12.1 Å². The van der Waals surface area contributed by atoms with Crippen molar-refractivity contribution in [2.24, 2.45) is 5.73 Å². The molecule has 0 aliphatic heterocycles. The van der Waals surface area contributed by atoms with E-state index >= 15 is 0 Å². The Hall–Kier alpha value is -1.23. The summed E-state index contributed by atoms with van der Waals surface area (Å²) < 4.78 is 37.5. The van der Waals surface area contributed by atoms with Crippen molar-refractivity contribution in [3.63, 3.8) is 0 Å². The number of alkyl halides is 2. The third-order valence-electron chi connectivity index (χ3n) is 2.12. The number of anilines is 1. The Balaban J connectivity index is 2.97. The zero-order valence-electron chi connectivity index (χ0n) is 8.38. The molecule has 84 valence electrons. The molecule has 0 radical (unpaired) electrons. The number of halogens is 3. The van der Waals surface area contributed by atoms with Crippen LogP contribution in [-0.2, 0) is 6.54 Å². The summed E-state index contributed by atoms with van der Waals surface area (Å²) in [5.41, 5.74) is 6.05. The highest BCUT2D eigenvalue weighted by atomic mass is 19.3. The maximum atomic E-state index is 13.3. The van der Waals surface area contributed by atoms with E-state index in [-0.39, 0.29) is 12.1 Å². The summed E-state index contributed by atoms with van der Waals surface area (Å²) in [4.78, 5) is 1.30. The largest absolute Gasteiger partial charge is 0.369 e. The van der Waals surface area contributed by atoms with E-state index in [2.05, 4.69) is 0 Å². The zero-order chi connectivity index (χ0) is 11.4. The monoisotopic (exact) mass is 218 g/mol. The Kier molecular flexibility index (Phi) is 3.96. The van der Waals surface area contributed by atoms with Gasteiger partial charge in [0.2, 0.25) is 0 Å². The van der Waals surface area contributed by atoms with Gasteiger partial charge in [0.05, 0.1) is 6.54 Å². The molecule has 0 atom stereocenters. The first-order valence-electron chi connectivity index (χ1n) is 4.53. The smallest absolute Gasteiger partial charge is 0.255 e. The molecule has 0 aromatic heterocycles. The lowest BCUT2D eigenvalue weighted by Crippen LogP contribution is -2.25. The maximum absolute atomic E-state index is 13.3. The van der Waals surface area contributed by atoms with Crippen LogP contribution in [0.2, 0.25) is 0 Å². The zero-order valence-corrected chi connectivity index (χ0v) is 8.38. The van der Waals surface area contributed by atoms with E-state index < -0.39 is 18.8 Å². The van der Waals surface area contributed by atoms with E-state index in [0.717, 1.165) is 0 Å². The number of benzene rings is 1. The number of hydrogen-bond donors (Lipinski definition) is 1. The fraction of sp³-hybridized carbons (Fsp3) is 0.400. The van der Waals surface area contributed by atoms with Gasteiger partial charge in [-0.25, -0.2) is 13.2 Å². The molecule has 0 bridgehead atoms. The van der Waals surface area contributed by atoms with Crippen LogP contribution in [0.25, 0.3) is 0 Å². The molecule has 2 nitrogen and oxygen atoms in total. The Morgan fingerprint density at radius 2 is 2.07 bits per heavy atom. The fourth-order valence-corrected chi connectivity index (χ4v) is 1.41. The first kappa shape index (κ1) is 11.8. The third-order valence-corrected chi connectivity index (χ3v) is 2.12. The lowest BCUT2D eigenvalue weighted by Gasteiger charge is -2.21. The molecular formula is C10H13F3N2. The highest BCUT2D eigenvalue weighted by Crippen LogP contribution is 2.22. The summed E-state index contributed by atoms with van der Waals surface area (Å²) in [6.07, 6.45) is -2.45. The Bertz CT molecular complexity index is 328. The lowest BCUT2D eigenvalue weighted by molar-refractivity contribution is 0.156. The van der Waals surface area contributed by atoms with Crippen molar-refractivity contribution in [3.05, 3.63) is 29.6 Å². The Morgan fingerprint density at radius 1 is 1.40 bits per heavy atom. The minimum Gasteiger partial charge on any atom is -0.369 e. The molecule has 0 spiro atoms. The number of nitrogens with two attached hydrogens (primary N) is 1. The van der Waals surface area contributed by atoms with Crippen LogP contribution in [0.3, 0.4) is 0 Å². The topological polar surface area (TPSA) is 29.3 Å². The van der Waals surface area contributed by atoms with Crippen molar-refractivity contribution in [2.45, 2.75) is 13.0 Å². The van der Waals surface area contributed by atoms with Crippen LogP contribution in [0, 0.1) is 5.82 Å². The van der Waals surface area contributed by atoms with Gasteiger partial charge in [0.1, 0.15) is 5.82 Å². The highest BCUT2D eigenvalue weighted by molar-refractivity contribution is 5.53. The van der Waals surface area contributed by atoms with Gasteiger partial charge in [0.15, 0.2) is 0 Å². The molecule has 0 saturated carbocycles. The minimum atomic E-state index is -2.45. The predicted octanol–water partition coefficient (Wildman–Crippen LogP) is 1.99. The summed E-state index contributed by atoms with van der Waals surface area (Å²) in [6.45, 7) is -0.438. The van der Waals surface area contributed by atoms with Crippen molar-refractivity contribution in [3.8, 4) is 0 Å². The molecule has 0 aliphatic carbocycles. The number of rotatable bonds is 4. The van der Waals surface area contributed by atoms with Crippen LogP contribution in [0.15, 0.2) is 18.2 Å². The fourth-order valence-electron chi connectivity index (χ4n) is 1.41. The molecule has 0 aliphatic rings. The maximum Gasteiger partial charge on any atom is 0.255 e. The summed E-state index contributed by atoms with van der Waals surface area (Å²) in [5.74, 6) is -0.462.